The summed E-state index contributed by atoms with van der Waals surface area (Å²) >= 11 is 0. The molecule has 1 rings (SSSR count). The predicted octanol–water partition coefficient (Wildman–Crippen LogP) is 1.70. The van der Waals surface area contributed by atoms with Gasteiger partial charge in [0.25, 0.3) is 0 Å². The molecule has 0 unspecified atom stereocenters. The molecule has 0 atom stereocenters. The molecule has 0 aromatic carbocycles. The van der Waals surface area contributed by atoms with Gasteiger partial charge < -0.3 is 4.74 Å². The molecule has 98 valence electrons. The Morgan fingerprint density at radius 1 is 1.44 bits per heavy atom. The van der Waals surface area contributed by atoms with Crippen LogP contribution in [0.15, 0.2) is 18.3 Å². The van der Waals surface area contributed by atoms with Crippen molar-refractivity contribution < 1.29 is 14.3 Å². The first-order valence-corrected chi connectivity index (χ1v) is 5.91. The number of aryl methyl sites for hydroxylation is 1. The second kappa shape index (κ2) is 6.74. The highest BCUT2D eigenvalue weighted by molar-refractivity contribution is 5.91. The van der Waals surface area contributed by atoms with Crippen LogP contribution in [0, 0.1) is 6.92 Å². The lowest BCUT2D eigenvalue weighted by Gasteiger charge is -2.21. The van der Waals surface area contributed by atoms with Crippen molar-refractivity contribution in [2.75, 3.05) is 18.1 Å². The summed E-state index contributed by atoms with van der Waals surface area (Å²) in [6.07, 6.45) is 1.80. The maximum Gasteiger partial charge on any atom is 0.307 e. The highest BCUT2D eigenvalue weighted by Crippen LogP contribution is 2.16. The van der Waals surface area contributed by atoms with E-state index in [9.17, 15) is 9.59 Å². The molecular weight excluding hydrogens is 232 g/mol. The zero-order valence-electron chi connectivity index (χ0n) is 11.0. The number of hydrogen-bond acceptors (Lipinski definition) is 4. The second-order valence-electron chi connectivity index (χ2n) is 3.87. The third kappa shape index (κ3) is 3.84. The van der Waals surface area contributed by atoms with Crippen LogP contribution in [-0.2, 0) is 14.3 Å². The predicted molar refractivity (Wildman–Crippen MR) is 68.3 cm³/mol. The molecule has 5 heteroatoms. The Morgan fingerprint density at radius 3 is 2.72 bits per heavy atom. The van der Waals surface area contributed by atoms with Crippen LogP contribution in [0.25, 0.3) is 0 Å². The lowest BCUT2D eigenvalue weighted by Crippen LogP contribution is -2.32. The van der Waals surface area contributed by atoms with Gasteiger partial charge in [-0.3, -0.25) is 14.5 Å². The van der Waals surface area contributed by atoms with Crippen molar-refractivity contribution >= 4 is 17.7 Å². The number of rotatable bonds is 5. The summed E-state index contributed by atoms with van der Waals surface area (Å²) < 4.78 is 4.84. The van der Waals surface area contributed by atoms with Crippen LogP contribution >= 0.6 is 0 Å². The molecule has 1 aromatic heterocycles. The number of hydrogen-bond donors (Lipinski definition) is 0. The second-order valence-corrected chi connectivity index (χ2v) is 3.87. The van der Waals surface area contributed by atoms with Crippen molar-refractivity contribution in [3.63, 3.8) is 0 Å². The van der Waals surface area contributed by atoms with Crippen molar-refractivity contribution in [3.05, 3.63) is 23.9 Å². The van der Waals surface area contributed by atoms with E-state index in [1.165, 1.54) is 11.8 Å². The van der Waals surface area contributed by atoms with Crippen molar-refractivity contribution in [2.45, 2.75) is 27.2 Å². The largest absolute Gasteiger partial charge is 0.466 e. The van der Waals surface area contributed by atoms with Crippen molar-refractivity contribution in [1.29, 1.82) is 0 Å². The Kier molecular flexibility index (Phi) is 5.30. The van der Waals surface area contributed by atoms with Gasteiger partial charge in [-0.05, 0) is 25.5 Å². The van der Waals surface area contributed by atoms with Gasteiger partial charge in [0, 0.05) is 19.7 Å². The molecule has 0 aliphatic heterocycles. The van der Waals surface area contributed by atoms with Crippen LogP contribution < -0.4 is 4.90 Å². The quantitative estimate of drug-likeness (QED) is 0.746. The summed E-state index contributed by atoms with van der Waals surface area (Å²) in [7, 11) is 0. The van der Waals surface area contributed by atoms with E-state index in [1.54, 1.807) is 13.1 Å². The summed E-state index contributed by atoms with van der Waals surface area (Å²) in [6, 6.07) is 3.69. The molecule has 0 aliphatic rings. The van der Waals surface area contributed by atoms with Crippen LogP contribution in [0.5, 0.6) is 0 Å². The Balaban J connectivity index is 2.76. The van der Waals surface area contributed by atoms with Crippen molar-refractivity contribution in [1.82, 2.24) is 4.98 Å². The number of ether oxygens (including phenoxy) is 1. The number of anilines is 1. The third-order valence-corrected chi connectivity index (χ3v) is 2.46. The lowest BCUT2D eigenvalue weighted by molar-refractivity contribution is -0.142. The molecule has 0 radical (unpaired) electrons. The van der Waals surface area contributed by atoms with Crippen LogP contribution in [0.2, 0.25) is 0 Å². The molecule has 0 saturated carbocycles. The first kappa shape index (κ1) is 14.2. The van der Waals surface area contributed by atoms with E-state index in [4.69, 9.17) is 4.74 Å². The minimum Gasteiger partial charge on any atom is -0.466 e. The smallest absolute Gasteiger partial charge is 0.307 e. The van der Waals surface area contributed by atoms with Gasteiger partial charge in [-0.25, -0.2) is 4.98 Å². The molecule has 18 heavy (non-hydrogen) atoms. The number of amides is 1. The number of pyridine rings is 1. The van der Waals surface area contributed by atoms with Crippen LogP contribution in [0.1, 0.15) is 25.8 Å². The minimum atomic E-state index is -0.308. The van der Waals surface area contributed by atoms with Gasteiger partial charge in [0.1, 0.15) is 5.82 Å². The highest BCUT2D eigenvalue weighted by atomic mass is 16.5. The summed E-state index contributed by atoms with van der Waals surface area (Å²) in [5.74, 6) is 0.146. The van der Waals surface area contributed by atoms with Gasteiger partial charge in [0.05, 0.1) is 13.0 Å². The Morgan fingerprint density at radius 2 is 2.17 bits per heavy atom. The summed E-state index contributed by atoms with van der Waals surface area (Å²) in [5.41, 5.74) is 0.900. The fourth-order valence-electron chi connectivity index (χ4n) is 1.61. The maximum absolute atomic E-state index is 11.6. The lowest BCUT2D eigenvalue weighted by atomic mass is 10.2. The molecule has 1 heterocycles. The first-order chi connectivity index (χ1) is 8.56. The monoisotopic (exact) mass is 250 g/mol. The van der Waals surface area contributed by atoms with Gasteiger partial charge in [-0.2, -0.15) is 0 Å². The van der Waals surface area contributed by atoms with Gasteiger partial charge in [0.2, 0.25) is 5.91 Å². The summed E-state index contributed by atoms with van der Waals surface area (Å²) in [6.45, 7) is 5.72. The van der Waals surface area contributed by atoms with E-state index in [2.05, 4.69) is 4.98 Å². The summed E-state index contributed by atoms with van der Waals surface area (Å²) in [5, 5.41) is 0. The van der Waals surface area contributed by atoms with Crippen LogP contribution in [0.3, 0.4) is 0 Å². The van der Waals surface area contributed by atoms with Gasteiger partial charge >= 0.3 is 5.97 Å². The fraction of sp³-hybridized carbons (Fsp3) is 0.462. The fourth-order valence-corrected chi connectivity index (χ4v) is 1.61. The zero-order valence-corrected chi connectivity index (χ0v) is 11.0. The first-order valence-electron chi connectivity index (χ1n) is 5.91. The van der Waals surface area contributed by atoms with E-state index in [1.807, 2.05) is 19.1 Å². The Labute approximate surface area is 107 Å². The molecule has 1 aromatic rings. The van der Waals surface area contributed by atoms with Crippen LogP contribution in [-0.4, -0.2) is 30.0 Å². The minimum absolute atomic E-state index is 0.138. The normalized spacial score (nSPS) is 9.94. The average molecular weight is 250 g/mol. The van der Waals surface area contributed by atoms with E-state index in [0.29, 0.717) is 12.4 Å². The van der Waals surface area contributed by atoms with E-state index >= 15 is 0 Å². The molecule has 0 fully saturated rings. The molecule has 0 aliphatic carbocycles. The number of nitrogens with zero attached hydrogens (tertiary/aromatic N) is 2. The average Bonchev–Trinajstić information content (AvgIpc) is 2.31. The van der Waals surface area contributed by atoms with Gasteiger partial charge in [-0.15, -0.1) is 0 Å². The molecule has 0 saturated heterocycles. The van der Waals surface area contributed by atoms with Gasteiger partial charge in [-0.1, -0.05) is 6.07 Å². The molecular formula is C13H18N2O3. The number of carbonyl (C=O) groups excluding carboxylic acids is 2. The third-order valence-electron chi connectivity index (χ3n) is 2.46. The Bertz CT molecular complexity index is 432. The zero-order chi connectivity index (χ0) is 13.5. The summed E-state index contributed by atoms with van der Waals surface area (Å²) in [4.78, 5) is 28.6. The standard InChI is InChI=1S/C13H18N2O3/c1-4-18-12(17)7-9-15(11(3)16)13-10(2)6-5-8-14-13/h5-6,8H,4,7,9H2,1-3H3. The van der Waals surface area contributed by atoms with Crippen LogP contribution in [0.4, 0.5) is 5.82 Å². The molecule has 5 nitrogen and oxygen atoms in total. The number of carbonyl (C=O) groups is 2. The number of aromatic nitrogens is 1. The molecule has 1 amide bonds. The van der Waals surface area contributed by atoms with Crippen molar-refractivity contribution in [3.8, 4) is 0 Å². The van der Waals surface area contributed by atoms with E-state index < -0.39 is 0 Å². The SMILES string of the molecule is CCOC(=O)CCN(C(C)=O)c1ncccc1C. The topological polar surface area (TPSA) is 59.5 Å². The van der Waals surface area contributed by atoms with E-state index in [-0.39, 0.29) is 24.8 Å². The maximum atomic E-state index is 11.6. The highest BCUT2D eigenvalue weighted by Gasteiger charge is 2.16. The van der Waals surface area contributed by atoms with Crippen molar-refractivity contribution in [2.24, 2.45) is 0 Å². The van der Waals surface area contributed by atoms with Gasteiger partial charge in [0.15, 0.2) is 0 Å². The molecule has 0 bridgehead atoms. The van der Waals surface area contributed by atoms with E-state index in [0.717, 1.165) is 5.56 Å². The number of esters is 1. The Hall–Kier alpha value is -1.91. The molecule has 0 spiro atoms. The molecule has 0 N–H and O–H groups in total.